The average molecular weight is 473 g/mol. The number of alkyl halides is 3. The number of fused-ring (bicyclic) bond motifs is 1. The van der Waals surface area contributed by atoms with E-state index in [9.17, 15) is 22.8 Å². The Morgan fingerprint density at radius 2 is 1.82 bits per heavy atom. The van der Waals surface area contributed by atoms with Gasteiger partial charge in [-0.05, 0) is 56.2 Å². The Morgan fingerprint density at radius 1 is 1.06 bits per heavy atom. The molecule has 0 saturated carbocycles. The lowest BCUT2D eigenvalue weighted by Gasteiger charge is -2.15. The van der Waals surface area contributed by atoms with Crippen LogP contribution in [0.1, 0.15) is 16.7 Å². The van der Waals surface area contributed by atoms with Crippen molar-refractivity contribution in [3.05, 3.63) is 63.8 Å². The van der Waals surface area contributed by atoms with Crippen molar-refractivity contribution in [3.63, 3.8) is 0 Å². The topological polar surface area (TPSA) is 122 Å². The minimum atomic E-state index is -5.11. The molecule has 34 heavy (non-hydrogen) atoms. The van der Waals surface area contributed by atoms with Crippen LogP contribution in [0.5, 0.6) is 5.75 Å². The van der Waals surface area contributed by atoms with Crippen molar-refractivity contribution in [2.45, 2.75) is 26.9 Å². The van der Waals surface area contributed by atoms with E-state index in [1.165, 1.54) is 6.07 Å². The smallest absolute Gasteiger partial charge is 0.419 e. The molecule has 0 unspecified atom stereocenters. The van der Waals surface area contributed by atoms with Crippen LogP contribution in [0.2, 0.25) is 0 Å². The van der Waals surface area contributed by atoms with E-state index in [2.05, 4.69) is 30.3 Å². The summed E-state index contributed by atoms with van der Waals surface area (Å²) in [5.74, 6) is -2.48. The lowest BCUT2D eigenvalue weighted by molar-refractivity contribution is -0.189. The minimum absolute atomic E-state index is 0.155. The van der Waals surface area contributed by atoms with Crippen LogP contribution in [0.4, 0.5) is 36.3 Å². The molecule has 3 N–H and O–H groups in total. The Labute approximate surface area is 190 Å². The van der Waals surface area contributed by atoms with Gasteiger partial charge in [-0.1, -0.05) is 0 Å². The molecule has 0 amide bonds. The number of carbonyl (C=O) groups excluding carboxylic acids is 1. The monoisotopic (exact) mass is 473 g/mol. The number of aromatic nitrogens is 3. The molecule has 0 saturated heterocycles. The van der Waals surface area contributed by atoms with E-state index in [0.717, 1.165) is 0 Å². The van der Waals surface area contributed by atoms with Crippen LogP contribution >= 0.6 is 0 Å². The van der Waals surface area contributed by atoms with Gasteiger partial charge in [0.25, 0.3) is 0 Å². The highest BCUT2D eigenvalue weighted by Gasteiger charge is 2.41. The maximum Gasteiger partial charge on any atom is 0.491 e. The van der Waals surface area contributed by atoms with Crippen molar-refractivity contribution >= 4 is 40.2 Å². The summed E-state index contributed by atoms with van der Waals surface area (Å²) in [6.07, 6.45) is -3.56. The zero-order valence-electron chi connectivity index (χ0n) is 18.1. The molecule has 4 rings (SSSR count). The predicted octanol–water partition coefficient (Wildman–Crippen LogP) is 4.79. The fraction of sp³-hybridized carbons (Fsp3) is 0.182. The number of H-pyrrole nitrogens is 1. The summed E-state index contributed by atoms with van der Waals surface area (Å²) < 4.78 is 47.4. The van der Waals surface area contributed by atoms with E-state index in [1.807, 2.05) is 0 Å². The van der Waals surface area contributed by atoms with Crippen molar-refractivity contribution in [2.75, 3.05) is 10.6 Å². The second kappa shape index (κ2) is 8.54. The number of aromatic amines is 1. The van der Waals surface area contributed by atoms with Crippen LogP contribution in [0, 0.1) is 20.8 Å². The van der Waals surface area contributed by atoms with Gasteiger partial charge in [0.15, 0.2) is 5.58 Å². The summed E-state index contributed by atoms with van der Waals surface area (Å²) in [5, 5.41) is 6.04. The summed E-state index contributed by atoms with van der Waals surface area (Å²) in [6, 6.07) is 7.95. The first-order valence-corrected chi connectivity index (χ1v) is 9.90. The molecule has 176 valence electrons. The van der Waals surface area contributed by atoms with E-state index in [0.29, 0.717) is 45.0 Å². The molecule has 0 aliphatic heterocycles. The number of aryl methyl sites for hydroxylation is 2. The van der Waals surface area contributed by atoms with Gasteiger partial charge in [-0.2, -0.15) is 18.2 Å². The van der Waals surface area contributed by atoms with Gasteiger partial charge in [-0.25, -0.2) is 14.6 Å². The van der Waals surface area contributed by atoms with Crippen LogP contribution in [0.3, 0.4) is 0 Å². The average Bonchev–Trinajstić information content (AvgIpc) is 3.12. The number of nitrogens with zero attached hydrogens (tertiary/aromatic N) is 2. The number of esters is 1. The number of anilines is 4. The fourth-order valence-corrected chi connectivity index (χ4v) is 3.09. The highest BCUT2D eigenvalue weighted by atomic mass is 19.4. The third-order valence-electron chi connectivity index (χ3n) is 4.96. The first-order chi connectivity index (χ1) is 16.0. The van der Waals surface area contributed by atoms with Gasteiger partial charge in [-0.15, -0.1) is 0 Å². The van der Waals surface area contributed by atoms with E-state index in [4.69, 9.17) is 4.42 Å². The quantitative estimate of drug-likeness (QED) is 0.279. The van der Waals surface area contributed by atoms with Gasteiger partial charge < -0.3 is 19.8 Å². The zero-order chi connectivity index (χ0) is 24.6. The summed E-state index contributed by atoms with van der Waals surface area (Å²) >= 11 is 0. The summed E-state index contributed by atoms with van der Waals surface area (Å²) in [6.45, 7) is 5.01. The van der Waals surface area contributed by atoms with Crippen LogP contribution < -0.4 is 21.1 Å². The molecule has 0 spiro atoms. The highest BCUT2D eigenvalue weighted by molar-refractivity contribution is 5.80. The second-order valence-electron chi connectivity index (χ2n) is 7.50. The van der Waals surface area contributed by atoms with Gasteiger partial charge in [0, 0.05) is 29.2 Å². The summed E-state index contributed by atoms with van der Waals surface area (Å²) in [5.41, 5.74) is 3.59. The number of nitrogens with one attached hydrogen (secondary N) is 3. The summed E-state index contributed by atoms with van der Waals surface area (Å²) in [4.78, 5) is 33.8. The van der Waals surface area contributed by atoms with Crippen LogP contribution in [0.15, 0.2) is 45.7 Å². The molecule has 4 aromatic rings. The molecule has 0 radical (unpaired) electrons. The molecule has 0 bridgehead atoms. The van der Waals surface area contributed by atoms with Crippen LogP contribution in [-0.4, -0.2) is 27.1 Å². The van der Waals surface area contributed by atoms with Crippen molar-refractivity contribution in [1.29, 1.82) is 0 Å². The van der Waals surface area contributed by atoms with Crippen molar-refractivity contribution in [1.82, 2.24) is 15.0 Å². The van der Waals surface area contributed by atoms with E-state index in [1.54, 1.807) is 51.2 Å². The number of ether oxygens (including phenoxy) is 1. The Morgan fingerprint density at radius 3 is 2.56 bits per heavy atom. The van der Waals surface area contributed by atoms with Gasteiger partial charge in [0.1, 0.15) is 11.6 Å². The maximum atomic E-state index is 12.6. The predicted molar refractivity (Wildman–Crippen MR) is 118 cm³/mol. The normalized spacial score (nSPS) is 11.5. The standard InChI is InChI=1S/C22H18F3N5O4/c1-10-6-14(8-17(12(10)3)33-19(31)22(23,24)25)28-20-26-9-11(2)18(30-20)27-13-4-5-16-15(7-13)29-21(32)34-16/h4-9H,1-3H3,(H,29,32)(H2,26,27,28,30). The third kappa shape index (κ3) is 4.85. The van der Waals surface area contributed by atoms with E-state index < -0.39 is 17.9 Å². The Hall–Kier alpha value is -4.35. The first kappa shape index (κ1) is 22.8. The SMILES string of the molecule is Cc1cnc(Nc2cc(C)c(C)c(OC(=O)C(F)(F)F)c2)nc1Nc1ccc2oc(=O)[nH]c2c1. The number of halogens is 3. The highest BCUT2D eigenvalue weighted by Crippen LogP contribution is 2.30. The lowest BCUT2D eigenvalue weighted by Crippen LogP contribution is -2.28. The van der Waals surface area contributed by atoms with Gasteiger partial charge in [0.05, 0.1) is 5.52 Å². The molecular formula is C22H18F3N5O4. The van der Waals surface area contributed by atoms with Gasteiger partial charge >= 0.3 is 17.9 Å². The molecular weight excluding hydrogens is 455 g/mol. The Balaban J connectivity index is 1.59. The number of rotatable bonds is 5. The van der Waals surface area contributed by atoms with Crippen LogP contribution in [0.25, 0.3) is 11.1 Å². The molecule has 0 atom stereocenters. The number of hydrogen-bond donors (Lipinski definition) is 3. The van der Waals surface area contributed by atoms with Gasteiger partial charge in [0.2, 0.25) is 5.95 Å². The first-order valence-electron chi connectivity index (χ1n) is 9.90. The van der Waals surface area contributed by atoms with Crippen molar-refractivity contribution in [3.8, 4) is 5.75 Å². The van der Waals surface area contributed by atoms with Crippen molar-refractivity contribution < 1.29 is 27.1 Å². The molecule has 12 heteroatoms. The lowest BCUT2D eigenvalue weighted by atomic mass is 10.1. The Kier molecular flexibility index (Phi) is 5.73. The minimum Gasteiger partial charge on any atom is -0.419 e. The molecule has 0 fully saturated rings. The Bertz CT molecular complexity index is 1460. The number of carbonyl (C=O) groups is 1. The molecule has 9 nitrogen and oxygen atoms in total. The second-order valence-corrected chi connectivity index (χ2v) is 7.50. The molecule has 0 aliphatic rings. The van der Waals surface area contributed by atoms with Crippen molar-refractivity contribution in [2.24, 2.45) is 0 Å². The zero-order valence-corrected chi connectivity index (χ0v) is 18.1. The number of hydrogen-bond acceptors (Lipinski definition) is 8. The molecule has 0 aliphatic carbocycles. The fourth-order valence-electron chi connectivity index (χ4n) is 3.09. The number of benzene rings is 2. The molecule has 2 aromatic heterocycles. The molecule has 2 heterocycles. The third-order valence-corrected chi connectivity index (χ3v) is 4.96. The summed E-state index contributed by atoms with van der Waals surface area (Å²) in [7, 11) is 0. The van der Waals surface area contributed by atoms with Gasteiger partial charge in [-0.3, -0.25) is 4.98 Å². The van der Waals surface area contributed by atoms with E-state index >= 15 is 0 Å². The largest absolute Gasteiger partial charge is 0.491 e. The number of oxazole rings is 1. The maximum absolute atomic E-state index is 12.6. The van der Waals surface area contributed by atoms with E-state index in [-0.39, 0.29) is 11.7 Å². The molecule has 2 aromatic carbocycles. The van der Waals surface area contributed by atoms with Crippen LogP contribution in [-0.2, 0) is 4.79 Å².